The van der Waals surface area contributed by atoms with Gasteiger partial charge in [-0.25, -0.2) is 0 Å². The standard InChI is InChI=1S/C44H90O7Si4/c1-19-37-38-20-22-43(37,30-51-55(34(2)3,35(4)5)36(6)7)41(49-32-46-25-28-53(13,14)15)44(38)23-21-39(40(44)48-31-45-24-27-52(10,11)12)42(8,9)50-33-47-26-29-54(16,17)18/h19,34-41H,1,20-33H2,2-18H3/t37-,38+,39-,40+,41-,43+,44-/m0/s1. The normalized spacial score (nSPS) is 29.2. The van der Waals surface area contributed by atoms with E-state index in [1.807, 2.05) is 0 Å². The molecule has 3 aliphatic carbocycles. The van der Waals surface area contributed by atoms with Crippen LogP contribution in [0, 0.1) is 28.6 Å². The Morgan fingerprint density at radius 1 is 0.673 bits per heavy atom. The van der Waals surface area contributed by atoms with E-state index in [1.165, 1.54) is 0 Å². The highest BCUT2D eigenvalue weighted by molar-refractivity contribution is 6.78. The smallest absolute Gasteiger partial charge is 0.200 e. The molecule has 0 aliphatic heterocycles. The summed E-state index contributed by atoms with van der Waals surface area (Å²) in [5, 5.41) is 0. The fourth-order valence-corrected chi connectivity index (χ4v) is 18.9. The monoisotopic (exact) mass is 843 g/mol. The van der Waals surface area contributed by atoms with Gasteiger partial charge in [0.2, 0.25) is 0 Å². The number of hydrogen-bond donors (Lipinski definition) is 0. The highest BCUT2D eigenvalue weighted by Crippen LogP contribution is 2.74. The Morgan fingerprint density at radius 3 is 1.60 bits per heavy atom. The summed E-state index contributed by atoms with van der Waals surface area (Å²) in [6.45, 7) is 48.9. The van der Waals surface area contributed by atoms with Crippen LogP contribution in [0.5, 0.6) is 0 Å². The second kappa shape index (κ2) is 19.8. The molecule has 2 bridgehead atoms. The van der Waals surface area contributed by atoms with Crippen LogP contribution in [0.4, 0.5) is 0 Å². The molecule has 0 radical (unpaired) electrons. The molecule has 0 aromatic rings. The zero-order valence-electron chi connectivity index (χ0n) is 39.2. The minimum absolute atomic E-state index is 0.0902. The van der Waals surface area contributed by atoms with Gasteiger partial charge < -0.3 is 32.8 Å². The van der Waals surface area contributed by atoms with Crippen molar-refractivity contribution in [1.82, 2.24) is 0 Å². The second-order valence-electron chi connectivity index (χ2n) is 22.9. The van der Waals surface area contributed by atoms with Crippen molar-refractivity contribution in [1.29, 1.82) is 0 Å². The van der Waals surface area contributed by atoms with Crippen molar-refractivity contribution in [2.75, 3.05) is 46.8 Å². The molecule has 3 saturated carbocycles. The van der Waals surface area contributed by atoms with E-state index in [9.17, 15) is 0 Å². The van der Waals surface area contributed by atoms with Crippen LogP contribution in [0.15, 0.2) is 12.7 Å². The second-order valence-corrected chi connectivity index (χ2v) is 45.2. The number of fused-ring (bicyclic) bond motifs is 3. The lowest BCUT2D eigenvalue weighted by Gasteiger charge is -2.51. The van der Waals surface area contributed by atoms with Gasteiger partial charge in [-0.1, -0.05) is 107 Å². The summed E-state index contributed by atoms with van der Waals surface area (Å²) >= 11 is 0. The molecule has 55 heavy (non-hydrogen) atoms. The summed E-state index contributed by atoms with van der Waals surface area (Å²) in [6.07, 6.45) is 6.27. The summed E-state index contributed by atoms with van der Waals surface area (Å²) in [5.41, 5.74) is 0.615. The Hall–Kier alpha value is 0.328. The van der Waals surface area contributed by atoms with Gasteiger partial charge in [-0.3, -0.25) is 0 Å². The highest BCUT2D eigenvalue weighted by atomic mass is 28.4. The molecular weight excluding hydrogens is 753 g/mol. The predicted octanol–water partition coefficient (Wildman–Crippen LogP) is 12.3. The molecule has 7 nitrogen and oxygen atoms in total. The summed E-state index contributed by atoms with van der Waals surface area (Å²) in [7, 11) is -5.84. The van der Waals surface area contributed by atoms with Gasteiger partial charge in [0.1, 0.15) is 20.4 Å². The molecule has 0 saturated heterocycles. The number of hydrogen-bond acceptors (Lipinski definition) is 7. The quantitative estimate of drug-likeness (QED) is 0.0372. The van der Waals surface area contributed by atoms with E-state index in [0.717, 1.165) is 63.6 Å². The van der Waals surface area contributed by atoms with E-state index in [4.69, 9.17) is 32.8 Å². The molecule has 3 aliphatic rings. The van der Waals surface area contributed by atoms with Gasteiger partial charge in [-0.15, -0.1) is 6.58 Å². The molecule has 11 heteroatoms. The zero-order valence-corrected chi connectivity index (χ0v) is 43.2. The van der Waals surface area contributed by atoms with Gasteiger partial charge in [-0.2, -0.15) is 0 Å². The molecule has 3 fully saturated rings. The Bertz CT molecular complexity index is 1150. The van der Waals surface area contributed by atoms with Crippen LogP contribution in [0.3, 0.4) is 0 Å². The van der Waals surface area contributed by atoms with Crippen LogP contribution in [-0.4, -0.2) is 97.2 Å². The lowest BCUT2D eigenvalue weighted by Crippen LogP contribution is -2.58. The van der Waals surface area contributed by atoms with E-state index >= 15 is 0 Å². The number of ether oxygens (including phenoxy) is 6. The van der Waals surface area contributed by atoms with Crippen LogP contribution in [-0.2, 0) is 32.8 Å². The van der Waals surface area contributed by atoms with Gasteiger partial charge >= 0.3 is 0 Å². The van der Waals surface area contributed by atoms with Crippen molar-refractivity contribution >= 4 is 32.5 Å². The fraction of sp³-hybridized carbons (Fsp3) is 0.955. The van der Waals surface area contributed by atoms with Gasteiger partial charge in [0.05, 0.1) is 17.8 Å². The molecule has 0 aromatic carbocycles. The van der Waals surface area contributed by atoms with Crippen LogP contribution in [0.25, 0.3) is 0 Å². The van der Waals surface area contributed by atoms with Crippen molar-refractivity contribution in [2.24, 2.45) is 28.6 Å². The van der Waals surface area contributed by atoms with Gasteiger partial charge in [0, 0.05) is 67.4 Å². The third-order valence-electron chi connectivity index (χ3n) is 14.1. The van der Waals surface area contributed by atoms with Crippen molar-refractivity contribution in [2.45, 2.75) is 193 Å². The first-order valence-corrected chi connectivity index (χ1v) is 35.4. The Morgan fingerprint density at radius 2 is 1.15 bits per heavy atom. The summed E-state index contributed by atoms with van der Waals surface area (Å²) in [4.78, 5) is 0. The van der Waals surface area contributed by atoms with Crippen LogP contribution < -0.4 is 0 Å². The minimum Gasteiger partial charge on any atom is -0.415 e. The number of rotatable bonds is 26. The van der Waals surface area contributed by atoms with Gasteiger partial charge in [0.25, 0.3) is 0 Å². The molecule has 0 aromatic heterocycles. The molecule has 7 atom stereocenters. The number of allylic oxidation sites excluding steroid dienone is 1. The topological polar surface area (TPSA) is 64.6 Å². The van der Waals surface area contributed by atoms with E-state index < -0.39 is 38.1 Å². The maximum Gasteiger partial charge on any atom is 0.200 e. The first-order valence-electron chi connectivity index (χ1n) is 22.2. The fourth-order valence-electron chi connectivity index (χ4n) is 11.1. The maximum atomic E-state index is 7.61. The van der Waals surface area contributed by atoms with Crippen LogP contribution >= 0.6 is 0 Å². The average molecular weight is 844 g/mol. The van der Waals surface area contributed by atoms with Crippen molar-refractivity contribution in [3.63, 3.8) is 0 Å². The van der Waals surface area contributed by atoms with E-state index in [0.29, 0.717) is 42.7 Å². The third-order valence-corrected chi connectivity index (χ3v) is 25.3. The predicted molar refractivity (Wildman–Crippen MR) is 243 cm³/mol. The molecule has 0 N–H and O–H groups in total. The van der Waals surface area contributed by atoms with E-state index in [-0.39, 0.29) is 41.7 Å². The first-order chi connectivity index (χ1) is 25.3. The highest BCUT2D eigenvalue weighted by Gasteiger charge is 2.76. The molecule has 324 valence electrons. The SMILES string of the molecule is C=C[C@H]1[C@H]2CC[C@]1(CO[Si](C(C)C)(C(C)C)C(C)C)[C@H](OCOCC[Si](C)(C)C)[C@@]21CC[C@H](C(C)(C)OCOCC[Si](C)(C)C)[C@H]1OCOCC[Si](C)(C)C. The van der Waals surface area contributed by atoms with Crippen molar-refractivity contribution in [3.8, 4) is 0 Å². The lowest BCUT2D eigenvalue weighted by molar-refractivity contribution is -0.235. The molecule has 0 unspecified atom stereocenters. The molecule has 3 rings (SSSR count). The molecular formula is C44H90O7Si4. The Kier molecular flexibility index (Phi) is 17.9. The van der Waals surface area contributed by atoms with Crippen LogP contribution in [0.1, 0.15) is 81.1 Å². The lowest BCUT2D eigenvalue weighted by atomic mass is 9.63. The van der Waals surface area contributed by atoms with Gasteiger partial charge in [0.15, 0.2) is 8.32 Å². The third kappa shape index (κ3) is 12.0. The largest absolute Gasteiger partial charge is 0.415 e. The van der Waals surface area contributed by atoms with Crippen LogP contribution in [0.2, 0.25) is 93.7 Å². The van der Waals surface area contributed by atoms with E-state index in [1.54, 1.807) is 0 Å². The Labute approximate surface area is 344 Å². The Balaban J connectivity index is 2.06. The maximum absolute atomic E-state index is 7.61. The zero-order chi connectivity index (χ0) is 41.7. The summed E-state index contributed by atoms with van der Waals surface area (Å²) < 4.78 is 47.6. The molecule has 0 amide bonds. The average Bonchev–Trinajstić information content (AvgIpc) is 3.66. The molecule has 0 heterocycles. The summed E-state index contributed by atoms with van der Waals surface area (Å²) in [5.74, 6) is 0.782. The first kappa shape index (κ1) is 49.7. The van der Waals surface area contributed by atoms with Gasteiger partial charge in [-0.05, 0) is 86.1 Å². The van der Waals surface area contributed by atoms with Crippen molar-refractivity contribution in [3.05, 3.63) is 12.7 Å². The minimum atomic E-state index is -2.16. The molecule has 1 spiro atoms. The van der Waals surface area contributed by atoms with E-state index in [2.05, 4.69) is 127 Å². The van der Waals surface area contributed by atoms with Crippen molar-refractivity contribution < 1.29 is 32.8 Å². The summed E-state index contributed by atoms with van der Waals surface area (Å²) in [6, 6.07) is 3.37.